The third-order valence-corrected chi connectivity index (χ3v) is 8.50. The van der Waals surface area contributed by atoms with Crippen molar-refractivity contribution in [3.63, 3.8) is 0 Å². The zero-order valence-corrected chi connectivity index (χ0v) is 35.8. The van der Waals surface area contributed by atoms with Crippen LogP contribution in [0.5, 0.6) is 0 Å². The van der Waals surface area contributed by atoms with E-state index in [0.717, 1.165) is 27.9 Å². The zero-order valence-electron chi connectivity index (χ0n) is 29.6. The van der Waals surface area contributed by atoms with Gasteiger partial charge < -0.3 is 5.32 Å². The molecular formula is C36H24Cl7N12O3P. The van der Waals surface area contributed by atoms with Crippen molar-refractivity contribution in [1.29, 1.82) is 0 Å². The fourth-order valence-electron chi connectivity index (χ4n) is 5.24. The summed E-state index contributed by atoms with van der Waals surface area (Å²) in [5.74, 6) is 1.47. The summed E-state index contributed by atoms with van der Waals surface area (Å²) in [6, 6.07) is 11.4. The molecule has 1 aromatic carbocycles. The van der Waals surface area contributed by atoms with Crippen molar-refractivity contribution in [3.05, 3.63) is 159 Å². The minimum atomic E-state index is -3.22. The molecule has 9 aromatic rings. The first kappa shape index (κ1) is 43.6. The maximum absolute atomic E-state index is 12.7. The van der Waals surface area contributed by atoms with E-state index in [1.165, 1.54) is 23.0 Å². The van der Waals surface area contributed by atoms with Gasteiger partial charge in [0.15, 0.2) is 6.29 Å². The lowest BCUT2D eigenvalue weighted by atomic mass is 10.0. The van der Waals surface area contributed by atoms with Gasteiger partial charge in [0.05, 0.1) is 68.8 Å². The second kappa shape index (κ2) is 19.9. The van der Waals surface area contributed by atoms with E-state index in [2.05, 4.69) is 78.9 Å². The summed E-state index contributed by atoms with van der Waals surface area (Å²) in [6.07, 6.45) is 20.8. The third-order valence-electron chi connectivity index (χ3n) is 7.71. The lowest BCUT2D eigenvalue weighted by Crippen LogP contribution is -2.23. The second-order valence-electron chi connectivity index (χ2n) is 11.8. The Morgan fingerprint density at radius 2 is 1.31 bits per heavy atom. The number of nitrogens with one attached hydrogen (secondary N) is 1. The number of aromatic nitrogens is 11. The van der Waals surface area contributed by atoms with Crippen LogP contribution >= 0.6 is 85.3 Å². The smallest absolute Gasteiger partial charge is 0.339 e. The average Bonchev–Trinajstić information content (AvgIpc) is 3.95. The van der Waals surface area contributed by atoms with E-state index >= 15 is 0 Å². The molecule has 0 aliphatic carbocycles. The topological polar surface area (TPSA) is 180 Å². The Balaban J connectivity index is 0.000000174. The van der Waals surface area contributed by atoms with Crippen LogP contribution in [0, 0.1) is 0 Å². The predicted molar refractivity (Wildman–Crippen MR) is 230 cm³/mol. The summed E-state index contributed by atoms with van der Waals surface area (Å²) in [6.45, 7) is 0.290. The molecule has 0 bridgehead atoms. The molecule has 15 nitrogen and oxygen atoms in total. The number of fused-ring (bicyclic) bond motifs is 4. The number of nitrogens with zero attached hydrogens (tertiary/aromatic N) is 11. The molecule has 0 radical (unpaired) electrons. The summed E-state index contributed by atoms with van der Waals surface area (Å²) in [5, 5.41) is 2.83. The monoisotopic (exact) mass is 948 g/mol. The van der Waals surface area contributed by atoms with Gasteiger partial charge in [-0.25, -0.2) is 29.9 Å². The molecule has 1 amide bonds. The highest BCUT2D eigenvalue weighted by atomic mass is 36.0. The van der Waals surface area contributed by atoms with Crippen molar-refractivity contribution >= 4 is 126 Å². The van der Waals surface area contributed by atoms with E-state index in [1.54, 1.807) is 76.7 Å². The first-order chi connectivity index (χ1) is 28.2. The van der Waals surface area contributed by atoms with Crippen LogP contribution in [0.15, 0.2) is 111 Å². The van der Waals surface area contributed by atoms with Crippen molar-refractivity contribution in [3.8, 4) is 0 Å². The molecule has 300 valence electrons. The molecule has 8 heterocycles. The summed E-state index contributed by atoms with van der Waals surface area (Å²) >= 11 is 37.3. The largest absolute Gasteiger partial charge is 0.346 e. The molecule has 0 atom stereocenters. The lowest BCUT2D eigenvalue weighted by Gasteiger charge is -2.08. The van der Waals surface area contributed by atoms with Gasteiger partial charge in [-0.15, -0.1) is 0 Å². The normalized spacial score (nSPS) is 11.0. The van der Waals surface area contributed by atoms with Crippen LogP contribution in [0.4, 0.5) is 0 Å². The molecule has 0 aliphatic heterocycles. The number of hydrogen-bond donors (Lipinski definition) is 1. The van der Waals surface area contributed by atoms with Crippen molar-refractivity contribution in [2.75, 3.05) is 0 Å². The Morgan fingerprint density at radius 1 is 0.678 bits per heavy atom. The van der Waals surface area contributed by atoms with Gasteiger partial charge in [0.2, 0.25) is 17.3 Å². The number of carbonyl (C=O) groups is 2. The van der Waals surface area contributed by atoms with E-state index < -0.39 is 5.20 Å². The number of carbonyl (C=O) groups excluding carboxylic acids is 2. The lowest BCUT2D eigenvalue weighted by molar-refractivity contribution is 0.0949. The van der Waals surface area contributed by atoms with Crippen LogP contribution in [0.2, 0.25) is 20.1 Å². The molecule has 0 unspecified atom stereocenters. The minimum absolute atomic E-state index is 0.201. The standard InChI is InChI=1S/C23H16Cl2N6O.C7H4ClN3O.C6H4ClN3.Cl3OP/c24-17-7-16-5-14(1-2-21(16)27-9-17)6-19-8-15(3-4-26-19)22(32)28-11-20-12-30-23-29-10-18(25)13-31(20)23;8-5-1-9-7-10-2-6(4-12)11(7)3-5;7-5-3-9-6-8-1-2-10(6)4-5;1-5(2,3)4/h1-5,7-10,12-13H,6,11H2,(H,28,32);1-4H;1-4H;. The number of benzene rings is 1. The first-order valence-corrected chi connectivity index (χ1v) is 22.5. The SMILES string of the molecule is Clc1cnc2nccn2c1.O=C(NCc1cnc2ncc(Cl)cn12)c1ccnc(Cc2ccc3ncc(Cl)cc3c2)c1.O=Cc1cnc2ncc(Cl)cn12.O=P(Cl)(Cl)Cl. The Morgan fingerprint density at radius 3 is 2.03 bits per heavy atom. The molecule has 0 fully saturated rings. The third kappa shape index (κ3) is 12.5. The highest BCUT2D eigenvalue weighted by Crippen LogP contribution is 2.61. The van der Waals surface area contributed by atoms with Crippen molar-refractivity contribution < 1.29 is 14.2 Å². The summed E-state index contributed by atoms with van der Waals surface area (Å²) in [7, 11) is 0. The second-order valence-corrected chi connectivity index (χ2v) is 20.2. The van der Waals surface area contributed by atoms with E-state index in [0.29, 0.717) is 61.4 Å². The number of hydrogen-bond acceptors (Lipinski definition) is 11. The first-order valence-electron chi connectivity index (χ1n) is 16.5. The molecule has 0 saturated heterocycles. The van der Waals surface area contributed by atoms with Gasteiger partial charge in [0, 0.05) is 66.4 Å². The maximum atomic E-state index is 12.7. The molecule has 23 heteroatoms. The summed E-state index contributed by atoms with van der Waals surface area (Å²) < 4.78 is 14.6. The number of amides is 1. The number of rotatable bonds is 6. The fraction of sp³-hybridized carbons (Fsp3) is 0.0556. The van der Waals surface area contributed by atoms with E-state index in [1.807, 2.05) is 24.3 Å². The van der Waals surface area contributed by atoms with Gasteiger partial charge in [-0.05, 0) is 69.6 Å². The van der Waals surface area contributed by atoms with Crippen LogP contribution in [0.25, 0.3) is 28.2 Å². The van der Waals surface area contributed by atoms with Crippen LogP contribution in [0.3, 0.4) is 0 Å². The van der Waals surface area contributed by atoms with E-state index in [9.17, 15) is 14.2 Å². The quantitative estimate of drug-likeness (QED) is 0.124. The number of halogens is 7. The van der Waals surface area contributed by atoms with E-state index in [4.69, 9.17) is 46.4 Å². The number of pyridine rings is 2. The van der Waals surface area contributed by atoms with Crippen LogP contribution in [0.1, 0.15) is 37.8 Å². The highest BCUT2D eigenvalue weighted by molar-refractivity contribution is 8.24. The summed E-state index contributed by atoms with van der Waals surface area (Å²) in [5.41, 5.74) is 4.48. The van der Waals surface area contributed by atoms with Gasteiger partial charge >= 0.3 is 5.20 Å². The van der Waals surface area contributed by atoms with Gasteiger partial charge in [0.25, 0.3) is 5.91 Å². The van der Waals surface area contributed by atoms with Gasteiger partial charge in [-0.3, -0.25) is 37.3 Å². The minimum Gasteiger partial charge on any atom is -0.346 e. The molecule has 0 aliphatic rings. The van der Waals surface area contributed by atoms with E-state index in [-0.39, 0.29) is 12.5 Å². The molecule has 1 N–H and O–H groups in total. The Bertz CT molecular complexity index is 2970. The highest BCUT2D eigenvalue weighted by Gasteiger charge is 2.11. The van der Waals surface area contributed by atoms with Crippen LogP contribution < -0.4 is 5.32 Å². The molecular weight excluding hydrogens is 928 g/mol. The Kier molecular flexibility index (Phi) is 14.7. The number of imidazole rings is 3. The molecule has 0 saturated carbocycles. The van der Waals surface area contributed by atoms with Crippen LogP contribution in [-0.4, -0.2) is 65.3 Å². The predicted octanol–water partition coefficient (Wildman–Crippen LogP) is 9.89. The Hall–Kier alpha value is -4.96. The molecule has 59 heavy (non-hydrogen) atoms. The molecule has 8 aromatic heterocycles. The summed E-state index contributed by atoms with van der Waals surface area (Å²) in [4.78, 5) is 56.0. The molecule has 0 spiro atoms. The van der Waals surface area contributed by atoms with Gasteiger partial charge in [0.1, 0.15) is 5.69 Å². The molecule has 9 rings (SSSR count). The zero-order chi connectivity index (χ0) is 42.1. The maximum Gasteiger partial charge on any atom is 0.339 e. The van der Waals surface area contributed by atoms with Crippen molar-refractivity contribution in [2.45, 2.75) is 13.0 Å². The van der Waals surface area contributed by atoms with Gasteiger partial charge in [-0.2, -0.15) is 0 Å². The van der Waals surface area contributed by atoms with Crippen molar-refractivity contribution in [1.82, 2.24) is 58.4 Å². The Labute approximate surface area is 368 Å². The van der Waals surface area contributed by atoms with Crippen LogP contribution in [-0.2, 0) is 17.5 Å². The fourth-order valence-corrected chi connectivity index (χ4v) is 5.85. The average molecular weight is 952 g/mol. The van der Waals surface area contributed by atoms with Crippen molar-refractivity contribution in [2.24, 2.45) is 0 Å². The van der Waals surface area contributed by atoms with Gasteiger partial charge in [-0.1, -0.05) is 52.5 Å². The number of aldehydes is 1.